The molecule has 10 nitrogen and oxygen atoms in total. The molecule has 1 saturated heterocycles. The summed E-state index contributed by atoms with van der Waals surface area (Å²) in [4.78, 5) is 46.7. The zero-order valence-corrected chi connectivity index (χ0v) is 16.6. The second-order valence-electron chi connectivity index (χ2n) is 7.30. The number of nitrogens with zero attached hydrogens (tertiary/aromatic N) is 6. The van der Waals surface area contributed by atoms with Gasteiger partial charge in [0.1, 0.15) is 11.5 Å². The molecule has 1 N–H and O–H groups in total. The third-order valence-corrected chi connectivity index (χ3v) is 4.99. The van der Waals surface area contributed by atoms with Gasteiger partial charge in [0.05, 0.1) is 12.7 Å². The summed E-state index contributed by atoms with van der Waals surface area (Å²) in [5, 5.41) is 4.59. The van der Waals surface area contributed by atoms with Crippen molar-refractivity contribution in [1.29, 1.82) is 0 Å². The summed E-state index contributed by atoms with van der Waals surface area (Å²) in [7, 11) is 3.91. The van der Waals surface area contributed by atoms with Crippen molar-refractivity contribution in [3.8, 4) is 0 Å². The first kappa shape index (κ1) is 20.0. The molecule has 0 aromatic carbocycles. The van der Waals surface area contributed by atoms with Crippen molar-refractivity contribution in [2.24, 2.45) is 0 Å². The van der Waals surface area contributed by atoms with Crippen LogP contribution in [0.4, 0.5) is 0 Å². The Morgan fingerprint density at radius 1 is 1.36 bits per heavy atom. The highest BCUT2D eigenvalue weighted by molar-refractivity contribution is 5.92. The monoisotopic (exact) mass is 389 g/mol. The number of aromatic nitrogens is 5. The van der Waals surface area contributed by atoms with Crippen LogP contribution in [0.15, 0.2) is 22.0 Å². The molecule has 3 rings (SSSR count). The third kappa shape index (κ3) is 4.22. The largest absolute Gasteiger partial charge is 0.345 e. The summed E-state index contributed by atoms with van der Waals surface area (Å²) in [5.41, 5.74) is -0.238. The second kappa shape index (κ2) is 8.51. The number of rotatable bonds is 6. The number of carbonyl (C=O) groups excluding carboxylic acids is 1. The molecular weight excluding hydrogens is 362 g/mol. The van der Waals surface area contributed by atoms with Gasteiger partial charge < -0.3 is 14.8 Å². The van der Waals surface area contributed by atoms with Gasteiger partial charge in [-0.1, -0.05) is 0 Å². The van der Waals surface area contributed by atoms with E-state index in [0.29, 0.717) is 26.2 Å². The van der Waals surface area contributed by atoms with Gasteiger partial charge in [-0.25, -0.2) is 14.5 Å². The van der Waals surface area contributed by atoms with E-state index in [0.717, 1.165) is 31.4 Å². The summed E-state index contributed by atoms with van der Waals surface area (Å²) in [6, 6.07) is 0. The number of likely N-dealkylation sites (tertiary alicyclic amines) is 1. The molecule has 1 aliphatic rings. The topological polar surface area (TPSA) is 109 Å². The van der Waals surface area contributed by atoms with E-state index < -0.39 is 0 Å². The van der Waals surface area contributed by atoms with Crippen LogP contribution in [0.3, 0.4) is 0 Å². The predicted octanol–water partition coefficient (Wildman–Crippen LogP) is -0.271. The highest BCUT2D eigenvalue weighted by atomic mass is 16.2. The zero-order valence-electron chi connectivity index (χ0n) is 16.6. The van der Waals surface area contributed by atoms with E-state index in [2.05, 4.69) is 15.1 Å². The number of amides is 1. The number of H-pyrrole nitrogens is 1. The first-order valence-corrected chi connectivity index (χ1v) is 9.57. The molecule has 2 aromatic heterocycles. The molecule has 0 aliphatic carbocycles. The number of carbonyl (C=O) groups is 1. The van der Waals surface area contributed by atoms with Crippen molar-refractivity contribution in [2.75, 3.05) is 33.7 Å². The van der Waals surface area contributed by atoms with Gasteiger partial charge in [-0.2, -0.15) is 5.10 Å². The molecule has 1 atom stereocenters. The summed E-state index contributed by atoms with van der Waals surface area (Å²) in [6.45, 7) is 4.83. The molecule has 0 radical (unpaired) electrons. The zero-order chi connectivity index (χ0) is 20.3. The Hall–Kier alpha value is -2.75. The molecule has 0 spiro atoms. The Labute approximate surface area is 162 Å². The van der Waals surface area contributed by atoms with Gasteiger partial charge in [-0.15, -0.1) is 0 Å². The normalized spacial score (nSPS) is 17.3. The molecule has 1 fully saturated rings. The molecule has 28 heavy (non-hydrogen) atoms. The Bertz CT molecular complexity index is 923. The molecule has 1 aliphatic heterocycles. The van der Waals surface area contributed by atoms with E-state index in [1.807, 2.05) is 25.9 Å². The van der Waals surface area contributed by atoms with Crippen LogP contribution in [0.25, 0.3) is 0 Å². The number of hydrogen-bond donors (Lipinski definition) is 1. The maximum atomic E-state index is 12.7. The van der Waals surface area contributed by atoms with Gasteiger partial charge in [-0.3, -0.25) is 14.2 Å². The van der Waals surface area contributed by atoms with E-state index >= 15 is 0 Å². The molecular formula is C18H27N7O3. The van der Waals surface area contributed by atoms with Crippen molar-refractivity contribution in [2.45, 2.75) is 38.8 Å². The van der Waals surface area contributed by atoms with Gasteiger partial charge in [0.25, 0.3) is 11.5 Å². The Balaban J connectivity index is 1.81. The van der Waals surface area contributed by atoms with Crippen LogP contribution in [0.1, 0.15) is 42.0 Å². The van der Waals surface area contributed by atoms with Crippen LogP contribution >= 0.6 is 0 Å². The number of piperidine rings is 1. The SMILES string of the molecule is CCn1c([C@@H]2CCCN(C(=O)c3c[nH]c(=O)cn3)C2)nn(CCN(C)C)c1=O. The standard InChI is InChI=1S/C18H27N7O3/c1-4-24-16(21-25(18(24)28)9-8-22(2)3)13-6-5-7-23(12-13)17(27)14-10-20-15(26)11-19-14/h10-11,13H,4-9,12H2,1-3H3,(H,20,26)/t13-/m1/s1. The number of likely N-dealkylation sites (N-methyl/N-ethyl adjacent to an activating group) is 1. The van der Waals surface area contributed by atoms with E-state index in [-0.39, 0.29) is 28.8 Å². The molecule has 0 saturated carbocycles. The second-order valence-corrected chi connectivity index (χ2v) is 7.30. The van der Waals surface area contributed by atoms with Crippen molar-refractivity contribution < 1.29 is 4.79 Å². The minimum atomic E-state index is -0.344. The first-order valence-electron chi connectivity index (χ1n) is 9.57. The van der Waals surface area contributed by atoms with Gasteiger partial charge in [-0.05, 0) is 33.9 Å². The summed E-state index contributed by atoms with van der Waals surface area (Å²) >= 11 is 0. The summed E-state index contributed by atoms with van der Waals surface area (Å²) < 4.78 is 3.22. The lowest BCUT2D eigenvalue weighted by atomic mass is 9.97. The van der Waals surface area contributed by atoms with Crippen molar-refractivity contribution in [3.63, 3.8) is 0 Å². The fourth-order valence-corrected chi connectivity index (χ4v) is 3.49. The van der Waals surface area contributed by atoms with Crippen molar-refractivity contribution in [1.82, 2.24) is 34.1 Å². The maximum absolute atomic E-state index is 12.7. The van der Waals surface area contributed by atoms with Crippen LogP contribution in [-0.4, -0.2) is 73.8 Å². The highest BCUT2D eigenvalue weighted by Gasteiger charge is 2.30. The van der Waals surface area contributed by atoms with Gasteiger partial charge in [0, 0.05) is 38.3 Å². The lowest BCUT2D eigenvalue weighted by Crippen LogP contribution is -2.40. The summed E-state index contributed by atoms with van der Waals surface area (Å²) in [6.07, 6.45) is 4.14. The lowest BCUT2D eigenvalue weighted by molar-refractivity contribution is 0.0696. The van der Waals surface area contributed by atoms with Gasteiger partial charge in [0.2, 0.25) is 0 Å². The fourth-order valence-electron chi connectivity index (χ4n) is 3.49. The van der Waals surface area contributed by atoms with E-state index in [1.165, 1.54) is 10.9 Å². The van der Waals surface area contributed by atoms with Crippen LogP contribution in [-0.2, 0) is 13.1 Å². The van der Waals surface area contributed by atoms with Gasteiger partial charge >= 0.3 is 5.69 Å². The van der Waals surface area contributed by atoms with Gasteiger partial charge in [0.15, 0.2) is 0 Å². The fraction of sp³-hybridized carbons (Fsp3) is 0.611. The van der Waals surface area contributed by atoms with Crippen molar-refractivity contribution in [3.05, 3.63) is 44.8 Å². The smallest absolute Gasteiger partial charge is 0.337 e. The number of nitrogens with one attached hydrogen (secondary N) is 1. The Morgan fingerprint density at radius 2 is 2.14 bits per heavy atom. The van der Waals surface area contributed by atoms with E-state index in [1.54, 1.807) is 9.47 Å². The summed E-state index contributed by atoms with van der Waals surface area (Å²) in [5.74, 6) is 0.505. The predicted molar refractivity (Wildman–Crippen MR) is 103 cm³/mol. The average Bonchev–Trinajstić information content (AvgIpc) is 3.02. The molecule has 0 bridgehead atoms. The van der Waals surface area contributed by atoms with Crippen LogP contribution in [0.2, 0.25) is 0 Å². The molecule has 0 unspecified atom stereocenters. The lowest BCUT2D eigenvalue weighted by Gasteiger charge is -2.32. The molecule has 10 heteroatoms. The van der Waals surface area contributed by atoms with E-state index in [4.69, 9.17) is 0 Å². The van der Waals surface area contributed by atoms with Crippen LogP contribution in [0.5, 0.6) is 0 Å². The Kier molecular flexibility index (Phi) is 6.08. The minimum Gasteiger partial charge on any atom is -0.337 e. The third-order valence-electron chi connectivity index (χ3n) is 4.99. The Morgan fingerprint density at radius 3 is 2.79 bits per heavy atom. The number of aromatic amines is 1. The molecule has 3 heterocycles. The average molecular weight is 389 g/mol. The van der Waals surface area contributed by atoms with Crippen LogP contribution in [0, 0.1) is 0 Å². The molecule has 2 aromatic rings. The van der Waals surface area contributed by atoms with Crippen LogP contribution < -0.4 is 11.2 Å². The van der Waals surface area contributed by atoms with Crippen molar-refractivity contribution >= 4 is 5.91 Å². The maximum Gasteiger partial charge on any atom is 0.345 e. The quantitative estimate of drug-likeness (QED) is 0.728. The highest BCUT2D eigenvalue weighted by Crippen LogP contribution is 2.25. The number of hydrogen-bond acceptors (Lipinski definition) is 6. The molecule has 1 amide bonds. The van der Waals surface area contributed by atoms with E-state index in [9.17, 15) is 14.4 Å². The molecule has 152 valence electrons. The first-order chi connectivity index (χ1) is 13.4. The minimum absolute atomic E-state index is 0.00582.